The van der Waals surface area contributed by atoms with Crippen molar-refractivity contribution in [2.75, 3.05) is 18.0 Å². The Balaban J connectivity index is 2.12. The van der Waals surface area contributed by atoms with Crippen molar-refractivity contribution < 1.29 is 18.0 Å². The van der Waals surface area contributed by atoms with Gasteiger partial charge in [0, 0.05) is 31.3 Å². The number of Topliss-reactive ketones (excluding diaryl/α,β-unsaturated/α-hetero) is 1. The van der Waals surface area contributed by atoms with Gasteiger partial charge in [0.15, 0.2) is 5.78 Å². The van der Waals surface area contributed by atoms with Crippen molar-refractivity contribution in [1.29, 1.82) is 0 Å². The Kier molecular flexibility index (Phi) is 6.51. The summed E-state index contributed by atoms with van der Waals surface area (Å²) in [5.74, 6) is -0.336. The standard InChI is InChI=1S/C20H24N2O4S/c1-14-8-9-20(12-15(14)2)27(25,26)21-10-11-22(17(4)24)19-7-5-6-18(13-19)16(3)23/h5-9,12-13,21H,10-11H2,1-4H3. The van der Waals surface area contributed by atoms with Gasteiger partial charge in [0.05, 0.1) is 4.90 Å². The molecule has 7 heteroatoms. The van der Waals surface area contributed by atoms with Crippen LogP contribution >= 0.6 is 0 Å². The lowest BCUT2D eigenvalue weighted by Crippen LogP contribution is -2.37. The maximum atomic E-state index is 12.5. The Bertz CT molecular complexity index is 968. The normalized spacial score (nSPS) is 11.3. The number of nitrogens with zero attached hydrogens (tertiary/aromatic N) is 1. The summed E-state index contributed by atoms with van der Waals surface area (Å²) in [6.07, 6.45) is 0. The molecule has 27 heavy (non-hydrogen) atoms. The van der Waals surface area contributed by atoms with Crippen molar-refractivity contribution in [2.24, 2.45) is 0 Å². The van der Waals surface area contributed by atoms with E-state index >= 15 is 0 Å². The third-order valence-electron chi connectivity index (χ3n) is 4.36. The van der Waals surface area contributed by atoms with E-state index in [0.717, 1.165) is 11.1 Å². The molecule has 0 radical (unpaired) electrons. The molecule has 0 unspecified atom stereocenters. The van der Waals surface area contributed by atoms with Crippen molar-refractivity contribution >= 4 is 27.4 Å². The molecule has 2 aromatic carbocycles. The van der Waals surface area contributed by atoms with Crippen LogP contribution in [0.2, 0.25) is 0 Å². The number of amides is 1. The minimum atomic E-state index is -3.67. The van der Waals surface area contributed by atoms with Crippen LogP contribution in [0.5, 0.6) is 0 Å². The SMILES string of the molecule is CC(=O)c1cccc(N(CCNS(=O)(=O)c2ccc(C)c(C)c2)C(C)=O)c1. The molecule has 0 fully saturated rings. The lowest BCUT2D eigenvalue weighted by Gasteiger charge is -2.22. The number of rotatable bonds is 7. The van der Waals surface area contributed by atoms with Crippen molar-refractivity contribution in [2.45, 2.75) is 32.6 Å². The Morgan fingerprint density at radius 2 is 1.70 bits per heavy atom. The summed E-state index contributed by atoms with van der Waals surface area (Å²) >= 11 is 0. The number of ketones is 1. The van der Waals surface area contributed by atoms with E-state index in [4.69, 9.17) is 0 Å². The average molecular weight is 388 g/mol. The topological polar surface area (TPSA) is 83.6 Å². The third-order valence-corrected chi connectivity index (χ3v) is 5.82. The number of carbonyl (C=O) groups is 2. The van der Waals surface area contributed by atoms with E-state index in [-0.39, 0.29) is 29.7 Å². The van der Waals surface area contributed by atoms with Gasteiger partial charge in [-0.15, -0.1) is 0 Å². The fourth-order valence-electron chi connectivity index (χ4n) is 2.62. The molecule has 2 aromatic rings. The first kappa shape index (κ1) is 20.8. The molecule has 0 aliphatic carbocycles. The smallest absolute Gasteiger partial charge is 0.240 e. The van der Waals surface area contributed by atoms with E-state index in [9.17, 15) is 18.0 Å². The predicted molar refractivity (Wildman–Crippen MR) is 106 cm³/mol. The minimum Gasteiger partial charge on any atom is -0.311 e. The lowest BCUT2D eigenvalue weighted by atomic mass is 10.1. The van der Waals surface area contributed by atoms with Crippen molar-refractivity contribution in [1.82, 2.24) is 4.72 Å². The average Bonchev–Trinajstić information content (AvgIpc) is 2.60. The molecule has 0 saturated heterocycles. The molecule has 0 bridgehead atoms. The summed E-state index contributed by atoms with van der Waals surface area (Å²) in [4.78, 5) is 25.2. The van der Waals surface area contributed by atoms with Crippen LogP contribution in [0.1, 0.15) is 35.3 Å². The van der Waals surface area contributed by atoms with Gasteiger partial charge in [-0.1, -0.05) is 18.2 Å². The predicted octanol–water partition coefficient (Wildman–Crippen LogP) is 2.84. The molecular weight excluding hydrogens is 364 g/mol. The van der Waals surface area contributed by atoms with Gasteiger partial charge in [0.25, 0.3) is 0 Å². The number of benzene rings is 2. The van der Waals surface area contributed by atoms with E-state index in [2.05, 4.69) is 4.72 Å². The van der Waals surface area contributed by atoms with Crippen LogP contribution < -0.4 is 9.62 Å². The zero-order chi connectivity index (χ0) is 20.2. The van der Waals surface area contributed by atoms with E-state index < -0.39 is 10.0 Å². The van der Waals surface area contributed by atoms with Crippen LogP contribution in [0.4, 0.5) is 5.69 Å². The zero-order valence-corrected chi connectivity index (χ0v) is 16.8. The number of nitrogens with one attached hydrogen (secondary N) is 1. The van der Waals surface area contributed by atoms with Crippen LogP contribution in [0.3, 0.4) is 0 Å². The minimum absolute atomic E-state index is 0.0547. The Morgan fingerprint density at radius 3 is 2.30 bits per heavy atom. The molecular formula is C20H24N2O4S. The van der Waals surface area contributed by atoms with Crippen LogP contribution in [-0.2, 0) is 14.8 Å². The molecule has 0 saturated carbocycles. The number of aryl methyl sites for hydroxylation is 2. The summed E-state index contributed by atoms with van der Waals surface area (Å²) in [5.41, 5.74) is 2.96. The fourth-order valence-corrected chi connectivity index (χ4v) is 3.72. The molecule has 144 valence electrons. The molecule has 1 amide bonds. The van der Waals surface area contributed by atoms with Gasteiger partial charge in [-0.3, -0.25) is 9.59 Å². The quantitative estimate of drug-likeness (QED) is 0.739. The van der Waals surface area contributed by atoms with Crippen molar-refractivity contribution in [3.63, 3.8) is 0 Å². The lowest BCUT2D eigenvalue weighted by molar-refractivity contribution is -0.116. The van der Waals surface area contributed by atoms with Crippen LogP contribution in [0.15, 0.2) is 47.4 Å². The maximum Gasteiger partial charge on any atom is 0.240 e. The van der Waals surface area contributed by atoms with Gasteiger partial charge in [-0.05, 0) is 56.2 Å². The second kappa shape index (κ2) is 8.45. The molecule has 0 aliphatic rings. The second-order valence-corrected chi connectivity index (χ2v) is 8.19. The zero-order valence-electron chi connectivity index (χ0n) is 15.9. The molecule has 1 N–H and O–H groups in total. The van der Waals surface area contributed by atoms with Gasteiger partial charge in [0.1, 0.15) is 0 Å². The maximum absolute atomic E-state index is 12.5. The summed E-state index contributed by atoms with van der Waals surface area (Å²) < 4.78 is 27.5. The van der Waals surface area contributed by atoms with Crippen molar-refractivity contribution in [3.8, 4) is 0 Å². The largest absolute Gasteiger partial charge is 0.311 e. The number of hydrogen-bond acceptors (Lipinski definition) is 4. The van der Waals surface area contributed by atoms with Crippen LogP contribution in [0, 0.1) is 13.8 Å². The second-order valence-electron chi connectivity index (χ2n) is 6.42. The molecule has 6 nitrogen and oxygen atoms in total. The van der Waals surface area contributed by atoms with Crippen LogP contribution in [0.25, 0.3) is 0 Å². The highest BCUT2D eigenvalue weighted by molar-refractivity contribution is 7.89. The Morgan fingerprint density at radius 1 is 1.00 bits per heavy atom. The first-order chi connectivity index (χ1) is 12.6. The van der Waals surface area contributed by atoms with E-state index in [0.29, 0.717) is 11.3 Å². The Hall–Kier alpha value is -2.51. The van der Waals surface area contributed by atoms with Gasteiger partial charge >= 0.3 is 0 Å². The monoisotopic (exact) mass is 388 g/mol. The van der Waals surface area contributed by atoms with E-state index in [1.165, 1.54) is 18.7 Å². The summed E-state index contributed by atoms with van der Waals surface area (Å²) in [6.45, 7) is 6.83. The molecule has 0 heterocycles. The molecule has 2 rings (SSSR count). The highest BCUT2D eigenvalue weighted by atomic mass is 32.2. The third kappa shape index (κ3) is 5.24. The Labute approximate surface area is 160 Å². The van der Waals surface area contributed by atoms with Gasteiger partial charge in [-0.2, -0.15) is 0 Å². The van der Waals surface area contributed by atoms with E-state index in [1.807, 2.05) is 13.8 Å². The highest BCUT2D eigenvalue weighted by Gasteiger charge is 2.17. The van der Waals surface area contributed by atoms with Crippen LogP contribution in [-0.4, -0.2) is 33.2 Å². The fraction of sp³-hybridized carbons (Fsp3) is 0.300. The molecule has 0 spiro atoms. The first-order valence-electron chi connectivity index (χ1n) is 8.58. The molecule has 0 aliphatic heterocycles. The molecule has 0 aromatic heterocycles. The van der Waals surface area contributed by atoms with Gasteiger partial charge in [0.2, 0.25) is 15.9 Å². The van der Waals surface area contributed by atoms with Gasteiger partial charge < -0.3 is 4.90 Å². The summed E-state index contributed by atoms with van der Waals surface area (Å²) in [5, 5.41) is 0. The van der Waals surface area contributed by atoms with Crippen molar-refractivity contribution in [3.05, 3.63) is 59.2 Å². The summed E-state index contributed by atoms with van der Waals surface area (Å²) in [7, 11) is -3.67. The van der Waals surface area contributed by atoms with Gasteiger partial charge in [-0.25, -0.2) is 13.1 Å². The first-order valence-corrected chi connectivity index (χ1v) is 10.1. The number of carbonyl (C=O) groups excluding carboxylic acids is 2. The number of sulfonamides is 1. The summed E-state index contributed by atoms with van der Waals surface area (Å²) in [6, 6.07) is 11.7. The molecule has 0 atom stereocenters. The van der Waals surface area contributed by atoms with E-state index in [1.54, 1.807) is 42.5 Å². The number of anilines is 1. The highest BCUT2D eigenvalue weighted by Crippen LogP contribution is 2.17. The number of hydrogen-bond donors (Lipinski definition) is 1.